The highest BCUT2D eigenvalue weighted by Crippen LogP contribution is 2.21. The highest BCUT2D eigenvalue weighted by Gasteiger charge is 2.36. The summed E-state index contributed by atoms with van der Waals surface area (Å²) in [5, 5.41) is 6.63. The Morgan fingerprint density at radius 1 is 1.11 bits per heavy atom. The van der Waals surface area contributed by atoms with E-state index in [2.05, 4.69) is 29.4 Å². The van der Waals surface area contributed by atoms with Crippen molar-refractivity contribution < 1.29 is 14.4 Å². The zero-order valence-corrected chi connectivity index (χ0v) is 25.1. The molecule has 38 heavy (non-hydrogen) atoms. The second kappa shape index (κ2) is 14.7. The summed E-state index contributed by atoms with van der Waals surface area (Å²) in [6.45, 7) is 15.2. The van der Waals surface area contributed by atoms with Crippen molar-refractivity contribution in [2.24, 2.45) is 11.8 Å². The van der Waals surface area contributed by atoms with Crippen LogP contribution in [0.1, 0.15) is 73.3 Å². The molecule has 0 aromatic heterocycles. The molecular formula is C30H47ClN4O3. The molecule has 0 aliphatic carbocycles. The molecule has 2 N–H and O–H groups in total. The molecule has 1 heterocycles. The molecule has 8 heteroatoms. The van der Waals surface area contributed by atoms with Crippen LogP contribution in [0, 0.1) is 11.8 Å². The van der Waals surface area contributed by atoms with E-state index in [4.69, 9.17) is 11.6 Å². The van der Waals surface area contributed by atoms with Gasteiger partial charge in [0.05, 0.1) is 12.1 Å². The Hall–Kier alpha value is -2.38. The molecule has 7 nitrogen and oxygen atoms in total. The summed E-state index contributed by atoms with van der Waals surface area (Å²) in [5.74, 6) is -0.438. The number of piperidine rings is 1. The number of halogens is 1. The predicted octanol–water partition coefficient (Wildman–Crippen LogP) is 4.79. The van der Waals surface area contributed by atoms with Crippen molar-refractivity contribution in [3.63, 3.8) is 0 Å². The number of likely N-dealkylation sites (N-methyl/N-ethyl adjacent to an activating group) is 1. The summed E-state index contributed by atoms with van der Waals surface area (Å²) < 4.78 is 0. The SMILES string of the molecule is C/C(=C\C(C(C)C)N(C)C(=O)C(NC(=O)C1CCCCN1C(C)C)C(C)C)C(=O)NCc1cccc(Cl)c1. The monoisotopic (exact) mass is 546 g/mol. The van der Waals surface area contributed by atoms with Crippen LogP contribution >= 0.6 is 11.6 Å². The smallest absolute Gasteiger partial charge is 0.246 e. The van der Waals surface area contributed by atoms with Crippen molar-refractivity contribution in [2.45, 2.75) is 98.4 Å². The van der Waals surface area contributed by atoms with Crippen LogP contribution in [0.3, 0.4) is 0 Å². The lowest BCUT2D eigenvalue weighted by molar-refractivity contribution is -0.140. The lowest BCUT2D eigenvalue weighted by Crippen LogP contribution is -2.58. The number of nitrogens with one attached hydrogen (secondary N) is 2. The third kappa shape index (κ3) is 8.84. The molecule has 2 rings (SSSR count). The lowest BCUT2D eigenvalue weighted by Gasteiger charge is -2.39. The van der Waals surface area contributed by atoms with Crippen LogP contribution < -0.4 is 10.6 Å². The zero-order valence-electron chi connectivity index (χ0n) is 24.4. The normalized spacial score (nSPS) is 18.4. The third-order valence-corrected chi connectivity index (χ3v) is 7.57. The Labute approximate surface area is 234 Å². The molecule has 3 atom stereocenters. The molecule has 0 spiro atoms. The Morgan fingerprint density at radius 3 is 2.37 bits per heavy atom. The number of benzene rings is 1. The van der Waals surface area contributed by atoms with Crippen LogP contribution in [0.5, 0.6) is 0 Å². The van der Waals surface area contributed by atoms with Crippen molar-refractivity contribution in [2.75, 3.05) is 13.6 Å². The number of nitrogens with zero attached hydrogens (tertiary/aromatic N) is 2. The number of carbonyl (C=O) groups is 3. The Bertz CT molecular complexity index is 991. The highest BCUT2D eigenvalue weighted by atomic mass is 35.5. The largest absolute Gasteiger partial charge is 0.348 e. The summed E-state index contributed by atoms with van der Waals surface area (Å²) in [6.07, 6.45) is 4.75. The molecule has 0 radical (unpaired) electrons. The van der Waals surface area contributed by atoms with Crippen molar-refractivity contribution >= 4 is 29.3 Å². The number of rotatable bonds is 11. The molecule has 1 fully saturated rings. The van der Waals surface area contributed by atoms with Gasteiger partial charge in [-0.2, -0.15) is 0 Å². The van der Waals surface area contributed by atoms with Crippen molar-refractivity contribution in [3.8, 4) is 0 Å². The second-order valence-corrected chi connectivity index (χ2v) is 11.9. The molecule has 1 saturated heterocycles. The fourth-order valence-electron chi connectivity index (χ4n) is 5.03. The van der Waals surface area contributed by atoms with E-state index in [1.807, 2.05) is 52.0 Å². The molecule has 0 saturated carbocycles. The summed E-state index contributed by atoms with van der Waals surface area (Å²) in [5.41, 5.74) is 1.45. The Kier molecular flexibility index (Phi) is 12.3. The van der Waals surface area contributed by atoms with Crippen molar-refractivity contribution in [3.05, 3.63) is 46.5 Å². The van der Waals surface area contributed by atoms with Gasteiger partial charge in [-0.05, 0) is 69.7 Å². The lowest BCUT2D eigenvalue weighted by atomic mass is 9.95. The first-order chi connectivity index (χ1) is 17.8. The van der Waals surface area contributed by atoms with E-state index in [1.165, 1.54) is 0 Å². The maximum absolute atomic E-state index is 13.7. The minimum Gasteiger partial charge on any atom is -0.348 e. The Balaban J connectivity index is 2.13. The average Bonchev–Trinajstić information content (AvgIpc) is 2.87. The minimum atomic E-state index is -0.643. The van der Waals surface area contributed by atoms with Gasteiger partial charge < -0.3 is 15.5 Å². The summed E-state index contributed by atoms with van der Waals surface area (Å²) in [7, 11) is 1.75. The number of likely N-dealkylation sites (tertiary alicyclic amines) is 1. The van der Waals surface area contributed by atoms with Crippen molar-refractivity contribution in [1.82, 2.24) is 20.4 Å². The minimum absolute atomic E-state index is 0.0675. The van der Waals surface area contributed by atoms with Crippen LogP contribution in [0.25, 0.3) is 0 Å². The average molecular weight is 547 g/mol. The highest BCUT2D eigenvalue weighted by molar-refractivity contribution is 6.30. The molecular weight excluding hydrogens is 500 g/mol. The standard InChI is InChI=1S/C30H47ClN4O3/c1-19(2)26(16-22(7)28(36)32-18-23-12-11-13-24(31)17-23)34(8)30(38)27(20(3)4)33-29(37)25-14-9-10-15-35(25)21(5)6/h11-13,16-17,19-21,25-27H,9-10,14-15,18H2,1-8H3,(H,32,36)(H,33,37)/b22-16+. The molecule has 1 aliphatic heterocycles. The maximum Gasteiger partial charge on any atom is 0.246 e. The van der Waals surface area contributed by atoms with Gasteiger partial charge in [-0.15, -0.1) is 0 Å². The fraction of sp³-hybridized carbons (Fsp3) is 0.633. The van der Waals surface area contributed by atoms with Crippen LogP contribution in [0.4, 0.5) is 0 Å². The zero-order chi connectivity index (χ0) is 28.6. The van der Waals surface area contributed by atoms with Gasteiger partial charge >= 0.3 is 0 Å². The van der Waals surface area contributed by atoms with Crippen molar-refractivity contribution in [1.29, 1.82) is 0 Å². The van der Waals surface area contributed by atoms with E-state index in [0.717, 1.165) is 31.4 Å². The number of hydrogen-bond acceptors (Lipinski definition) is 4. The van der Waals surface area contributed by atoms with E-state index in [9.17, 15) is 14.4 Å². The number of carbonyl (C=O) groups excluding carboxylic acids is 3. The van der Waals surface area contributed by atoms with Crippen LogP contribution in [0.2, 0.25) is 5.02 Å². The van der Waals surface area contributed by atoms with Gasteiger partial charge in [-0.3, -0.25) is 19.3 Å². The molecule has 0 bridgehead atoms. The summed E-state index contributed by atoms with van der Waals surface area (Å²) >= 11 is 6.04. The van der Waals surface area contributed by atoms with Gasteiger partial charge in [0, 0.05) is 30.2 Å². The number of amides is 3. The molecule has 1 aliphatic rings. The topological polar surface area (TPSA) is 81.8 Å². The molecule has 1 aromatic carbocycles. The van der Waals surface area contributed by atoms with E-state index in [1.54, 1.807) is 24.9 Å². The van der Waals surface area contributed by atoms with E-state index in [0.29, 0.717) is 17.1 Å². The first-order valence-electron chi connectivity index (χ1n) is 13.9. The summed E-state index contributed by atoms with van der Waals surface area (Å²) in [6, 6.07) is 6.47. The van der Waals surface area contributed by atoms with Crippen LogP contribution in [-0.2, 0) is 20.9 Å². The number of hydrogen-bond donors (Lipinski definition) is 2. The second-order valence-electron chi connectivity index (χ2n) is 11.4. The van der Waals surface area contributed by atoms with Crippen LogP contribution in [-0.4, -0.2) is 65.3 Å². The Morgan fingerprint density at radius 2 is 1.79 bits per heavy atom. The van der Waals surface area contributed by atoms with Crippen LogP contribution in [0.15, 0.2) is 35.9 Å². The molecule has 1 aromatic rings. The van der Waals surface area contributed by atoms with Gasteiger partial charge in [0.2, 0.25) is 17.7 Å². The summed E-state index contributed by atoms with van der Waals surface area (Å²) in [4.78, 5) is 43.8. The van der Waals surface area contributed by atoms with Gasteiger partial charge in [-0.1, -0.05) is 63.9 Å². The third-order valence-electron chi connectivity index (χ3n) is 7.34. The fourth-order valence-corrected chi connectivity index (χ4v) is 5.25. The maximum atomic E-state index is 13.7. The predicted molar refractivity (Wildman–Crippen MR) is 155 cm³/mol. The molecule has 3 unspecified atom stereocenters. The van der Waals surface area contributed by atoms with Gasteiger partial charge in [0.25, 0.3) is 0 Å². The van der Waals surface area contributed by atoms with Gasteiger partial charge in [-0.25, -0.2) is 0 Å². The first kappa shape index (κ1) is 31.8. The van der Waals surface area contributed by atoms with Gasteiger partial charge in [0.1, 0.15) is 6.04 Å². The molecule has 3 amide bonds. The quantitative estimate of drug-likeness (QED) is 0.391. The van der Waals surface area contributed by atoms with E-state index in [-0.39, 0.29) is 47.7 Å². The van der Waals surface area contributed by atoms with Gasteiger partial charge in [0.15, 0.2) is 0 Å². The van der Waals surface area contributed by atoms with E-state index < -0.39 is 6.04 Å². The molecule has 212 valence electrons. The van der Waals surface area contributed by atoms with E-state index >= 15 is 0 Å². The first-order valence-corrected chi connectivity index (χ1v) is 14.2.